The first-order valence-corrected chi connectivity index (χ1v) is 11.0. The number of benzene rings is 2. The Kier molecular flexibility index (Phi) is 8.92. The number of pyridine rings is 1. The third kappa shape index (κ3) is 7.37. The summed E-state index contributed by atoms with van der Waals surface area (Å²) in [6, 6.07) is 19.9. The molecule has 0 radical (unpaired) electrons. The van der Waals surface area contributed by atoms with Gasteiger partial charge in [0.05, 0.1) is 20.4 Å². The molecule has 0 bridgehead atoms. The first-order valence-electron chi connectivity index (χ1n) is 11.0. The van der Waals surface area contributed by atoms with Crippen molar-refractivity contribution in [1.82, 2.24) is 10.3 Å². The molecule has 3 aromatic rings. The average Bonchev–Trinajstić information content (AvgIpc) is 2.86. The highest BCUT2D eigenvalue weighted by atomic mass is 16.5. The van der Waals surface area contributed by atoms with Crippen molar-refractivity contribution in [1.29, 1.82) is 0 Å². The Bertz CT molecular complexity index is 915. The van der Waals surface area contributed by atoms with Gasteiger partial charge in [-0.05, 0) is 60.9 Å². The van der Waals surface area contributed by atoms with E-state index < -0.39 is 6.10 Å². The van der Waals surface area contributed by atoms with Crippen LogP contribution in [0.15, 0.2) is 66.9 Å². The van der Waals surface area contributed by atoms with Crippen LogP contribution in [0.3, 0.4) is 0 Å². The molecule has 0 saturated carbocycles. The fraction of sp³-hybridized carbons (Fsp3) is 0.346. The molecule has 7 heteroatoms. The Morgan fingerprint density at radius 3 is 1.91 bits per heavy atom. The number of nitrogens with zero attached hydrogens (tertiary/aromatic N) is 1. The van der Waals surface area contributed by atoms with Crippen LogP contribution in [0.1, 0.15) is 30.4 Å². The number of aliphatic hydroxyl groups excluding tert-OH is 1. The number of nitrogens with one attached hydrogen (secondary N) is 1. The minimum atomic E-state index is -0.648. The number of nitrogen functional groups attached to an aromatic ring is 1. The molecule has 0 aliphatic heterocycles. The Morgan fingerprint density at radius 2 is 1.42 bits per heavy atom. The maximum Gasteiger partial charge on any atom is 0.137 e. The summed E-state index contributed by atoms with van der Waals surface area (Å²) in [4.78, 5) is 3.98. The van der Waals surface area contributed by atoms with Gasteiger partial charge in [-0.15, -0.1) is 0 Å². The van der Waals surface area contributed by atoms with E-state index in [1.807, 2.05) is 24.3 Å². The van der Waals surface area contributed by atoms with Crippen LogP contribution in [-0.4, -0.2) is 49.6 Å². The summed E-state index contributed by atoms with van der Waals surface area (Å²) < 4.78 is 16.2. The zero-order valence-corrected chi connectivity index (χ0v) is 19.4. The van der Waals surface area contributed by atoms with Crippen LogP contribution >= 0.6 is 0 Å². The second-order valence-corrected chi connectivity index (χ2v) is 8.03. The van der Waals surface area contributed by atoms with Crippen molar-refractivity contribution in [2.24, 2.45) is 0 Å². The highest BCUT2D eigenvalue weighted by Gasteiger charge is 2.19. The lowest BCUT2D eigenvalue weighted by atomic mass is 9.86. The van der Waals surface area contributed by atoms with E-state index in [9.17, 15) is 5.11 Å². The van der Waals surface area contributed by atoms with E-state index in [1.165, 1.54) is 11.1 Å². The van der Waals surface area contributed by atoms with E-state index in [0.29, 0.717) is 18.1 Å². The molecule has 0 fully saturated rings. The Hall–Kier alpha value is -3.29. The van der Waals surface area contributed by atoms with E-state index in [4.69, 9.17) is 19.9 Å². The van der Waals surface area contributed by atoms with Gasteiger partial charge < -0.3 is 30.4 Å². The molecule has 176 valence electrons. The molecule has 4 N–H and O–H groups in total. The zero-order valence-electron chi connectivity index (χ0n) is 19.4. The summed E-state index contributed by atoms with van der Waals surface area (Å²) in [7, 11) is 3.33. The van der Waals surface area contributed by atoms with Gasteiger partial charge >= 0.3 is 0 Å². The first kappa shape index (κ1) is 24.4. The van der Waals surface area contributed by atoms with Crippen molar-refractivity contribution in [2.75, 3.05) is 33.1 Å². The van der Waals surface area contributed by atoms with Crippen molar-refractivity contribution in [2.45, 2.75) is 31.4 Å². The summed E-state index contributed by atoms with van der Waals surface area (Å²) in [5.74, 6) is 2.85. The van der Waals surface area contributed by atoms with Crippen LogP contribution < -0.4 is 25.3 Å². The molecule has 33 heavy (non-hydrogen) atoms. The number of nitrogens with two attached hydrogens (primary N) is 1. The van der Waals surface area contributed by atoms with Gasteiger partial charge in [-0.25, -0.2) is 4.98 Å². The van der Waals surface area contributed by atoms with Crippen LogP contribution in [0, 0.1) is 0 Å². The number of rotatable bonds is 12. The largest absolute Gasteiger partial charge is 0.497 e. The Morgan fingerprint density at radius 1 is 0.879 bits per heavy atom. The first-order chi connectivity index (χ1) is 16.0. The highest BCUT2D eigenvalue weighted by molar-refractivity contribution is 5.38. The number of ether oxygens (including phenoxy) is 3. The molecule has 2 aromatic carbocycles. The van der Waals surface area contributed by atoms with Gasteiger partial charge in [0, 0.05) is 18.5 Å². The smallest absolute Gasteiger partial charge is 0.137 e. The molecule has 0 spiro atoms. The Balaban J connectivity index is 1.59. The van der Waals surface area contributed by atoms with Crippen molar-refractivity contribution >= 4 is 5.82 Å². The topological polar surface area (TPSA) is 98.9 Å². The lowest BCUT2D eigenvalue weighted by molar-refractivity contribution is 0.103. The molecule has 2 atom stereocenters. The standard InChI is InChI=1S/C26H33N3O4/c1-18(28-15-21(30)17-33-24-12-13-26(27)29-16-24)14-25(19-4-8-22(31-2)9-5-19)20-6-10-23(32-3)11-7-20/h4-13,16,18,21,25,28,30H,14-15,17H2,1-3H3,(H2,27,29)/t18-,21-/m0/s1. The summed E-state index contributed by atoms with van der Waals surface area (Å²) in [6.07, 6.45) is 1.76. The van der Waals surface area contributed by atoms with Gasteiger partial charge in [-0.1, -0.05) is 24.3 Å². The van der Waals surface area contributed by atoms with Gasteiger partial charge in [-0.3, -0.25) is 0 Å². The number of aromatic nitrogens is 1. The normalized spacial score (nSPS) is 12.9. The van der Waals surface area contributed by atoms with Gasteiger partial charge in [-0.2, -0.15) is 0 Å². The predicted octanol–water partition coefficient (Wildman–Crippen LogP) is 3.62. The minimum Gasteiger partial charge on any atom is -0.497 e. The molecular formula is C26H33N3O4. The number of aliphatic hydroxyl groups is 1. The fourth-order valence-corrected chi connectivity index (χ4v) is 3.64. The van der Waals surface area contributed by atoms with E-state index in [2.05, 4.69) is 41.5 Å². The third-order valence-corrected chi connectivity index (χ3v) is 5.53. The molecule has 0 amide bonds. The van der Waals surface area contributed by atoms with Gasteiger partial charge in [0.25, 0.3) is 0 Å². The quantitative estimate of drug-likeness (QED) is 0.387. The third-order valence-electron chi connectivity index (χ3n) is 5.53. The number of hydrogen-bond donors (Lipinski definition) is 3. The van der Waals surface area contributed by atoms with E-state index in [1.54, 1.807) is 32.5 Å². The molecule has 0 aliphatic rings. The second kappa shape index (κ2) is 12.1. The lowest BCUT2D eigenvalue weighted by Crippen LogP contribution is -2.37. The molecule has 1 aromatic heterocycles. The molecule has 0 aliphatic carbocycles. The monoisotopic (exact) mass is 451 g/mol. The highest BCUT2D eigenvalue weighted by Crippen LogP contribution is 2.31. The summed E-state index contributed by atoms with van der Waals surface area (Å²) >= 11 is 0. The fourth-order valence-electron chi connectivity index (χ4n) is 3.64. The summed E-state index contributed by atoms with van der Waals surface area (Å²) in [6.45, 7) is 2.71. The van der Waals surface area contributed by atoms with Crippen molar-refractivity contribution in [3.8, 4) is 17.2 Å². The molecule has 1 heterocycles. The van der Waals surface area contributed by atoms with E-state index >= 15 is 0 Å². The molecule has 7 nitrogen and oxygen atoms in total. The zero-order chi connectivity index (χ0) is 23.6. The van der Waals surface area contributed by atoms with Crippen molar-refractivity contribution < 1.29 is 19.3 Å². The molecule has 0 saturated heterocycles. The van der Waals surface area contributed by atoms with Crippen LogP contribution in [0.5, 0.6) is 17.2 Å². The summed E-state index contributed by atoms with van der Waals surface area (Å²) in [5, 5.41) is 13.8. The predicted molar refractivity (Wildman–Crippen MR) is 130 cm³/mol. The van der Waals surface area contributed by atoms with E-state index in [0.717, 1.165) is 17.9 Å². The minimum absolute atomic E-state index is 0.159. The molecule has 0 unspecified atom stereocenters. The number of methoxy groups -OCH3 is 2. The van der Waals surface area contributed by atoms with Crippen LogP contribution in [0.4, 0.5) is 5.82 Å². The van der Waals surface area contributed by atoms with Gasteiger partial charge in [0.2, 0.25) is 0 Å². The molecular weight excluding hydrogens is 418 g/mol. The molecule has 3 rings (SSSR count). The number of anilines is 1. The summed E-state index contributed by atoms with van der Waals surface area (Å²) in [5.41, 5.74) is 7.98. The van der Waals surface area contributed by atoms with Crippen molar-refractivity contribution in [3.05, 3.63) is 78.0 Å². The van der Waals surface area contributed by atoms with Crippen molar-refractivity contribution in [3.63, 3.8) is 0 Å². The Labute approximate surface area is 195 Å². The number of hydrogen-bond acceptors (Lipinski definition) is 7. The van der Waals surface area contributed by atoms with Crippen LogP contribution in [0.25, 0.3) is 0 Å². The van der Waals surface area contributed by atoms with Crippen LogP contribution in [-0.2, 0) is 0 Å². The van der Waals surface area contributed by atoms with Gasteiger partial charge in [0.1, 0.15) is 35.8 Å². The SMILES string of the molecule is COc1ccc(C(C[C@H](C)NC[C@H](O)COc2ccc(N)nc2)c2ccc(OC)cc2)cc1. The maximum atomic E-state index is 10.3. The average molecular weight is 452 g/mol. The lowest BCUT2D eigenvalue weighted by Gasteiger charge is -2.24. The van der Waals surface area contributed by atoms with Gasteiger partial charge in [0.15, 0.2) is 0 Å². The second-order valence-electron chi connectivity index (χ2n) is 8.03. The van der Waals surface area contributed by atoms with Crippen LogP contribution in [0.2, 0.25) is 0 Å². The van der Waals surface area contributed by atoms with E-state index in [-0.39, 0.29) is 18.6 Å². The maximum absolute atomic E-state index is 10.3.